The number of hydrogen-bond acceptors (Lipinski definition) is 3. The molecule has 0 amide bonds. The van der Waals surface area contributed by atoms with Gasteiger partial charge in [0.05, 0.1) is 0 Å². The van der Waals surface area contributed by atoms with E-state index in [0.717, 1.165) is 22.3 Å². The number of methoxy groups -OCH3 is 1. The van der Waals surface area contributed by atoms with Gasteiger partial charge in [0.1, 0.15) is 5.75 Å². The molecule has 78 valence electrons. The quantitative estimate of drug-likeness (QED) is 0.823. The molecule has 0 radical (unpaired) electrons. The number of rotatable bonds is 5. The summed E-state index contributed by atoms with van der Waals surface area (Å²) in [6.45, 7) is 1.05. The Morgan fingerprint density at radius 2 is 2.21 bits per heavy atom. The molecule has 0 heterocycles. The van der Waals surface area contributed by atoms with Gasteiger partial charge in [-0.1, -0.05) is 15.9 Å². The first-order chi connectivity index (χ1) is 6.77. The van der Waals surface area contributed by atoms with Crippen LogP contribution < -0.4 is 10.1 Å². The summed E-state index contributed by atoms with van der Waals surface area (Å²) in [7, 11) is 3.51. The van der Waals surface area contributed by atoms with Crippen molar-refractivity contribution in [2.45, 2.75) is 6.54 Å². The van der Waals surface area contributed by atoms with Gasteiger partial charge in [0.25, 0.3) is 0 Å². The second kappa shape index (κ2) is 6.01. The Morgan fingerprint density at radius 1 is 1.43 bits per heavy atom. The van der Waals surface area contributed by atoms with Crippen LogP contribution in [-0.2, 0) is 11.3 Å². The number of benzene rings is 1. The summed E-state index contributed by atoms with van der Waals surface area (Å²) in [6.07, 6.45) is 0. The molecule has 0 aliphatic carbocycles. The fraction of sp³-hybridized carbons (Fsp3) is 0.400. The number of hydrogen-bond donors (Lipinski definition) is 1. The second-order valence-electron chi connectivity index (χ2n) is 2.83. The number of ether oxygens (including phenoxy) is 2. The van der Waals surface area contributed by atoms with Crippen LogP contribution in [0.1, 0.15) is 5.56 Å². The van der Waals surface area contributed by atoms with E-state index in [1.165, 1.54) is 0 Å². The van der Waals surface area contributed by atoms with E-state index in [1.807, 2.05) is 25.2 Å². The normalized spacial score (nSPS) is 10.2. The fourth-order valence-corrected chi connectivity index (χ4v) is 1.55. The van der Waals surface area contributed by atoms with Crippen molar-refractivity contribution < 1.29 is 9.47 Å². The van der Waals surface area contributed by atoms with Crippen LogP contribution in [0.5, 0.6) is 5.75 Å². The van der Waals surface area contributed by atoms with E-state index in [9.17, 15) is 0 Å². The molecule has 4 heteroatoms. The molecule has 0 bridgehead atoms. The number of halogens is 1. The lowest BCUT2D eigenvalue weighted by Crippen LogP contribution is -2.08. The van der Waals surface area contributed by atoms with E-state index in [4.69, 9.17) is 9.47 Å². The maximum atomic E-state index is 5.41. The average Bonchev–Trinajstić information content (AvgIpc) is 2.17. The molecule has 0 aliphatic heterocycles. The fourth-order valence-electron chi connectivity index (χ4n) is 1.14. The topological polar surface area (TPSA) is 30.5 Å². The van der Waals surface area contributed by atoms with Gasteiger partial charge in [-0.3, -0.25) is 0 Å². The van der Waals surface area contributed by atoms with Gasteiger partial charge in [-0.2, -0.15) is 0 Å². The van der Waals surface area contributed by atoms with Crippen molar-refractivity contribution in [1.29, 1.82) is 0 Å². The minimum atomic E-state index is 0.276. The van der Waals surface area contributed by atoms with Crippen LogP contribution in [0.2, 0.25) is 0 Å². The zero-order chi connectivity index (χ0) is 10.4. The molecule has 0 spiro atoms. The van der Waals surface area contributed by atoms with Crippen LogP contribution in [-0.4, -0.2) is 21.0 Å². The van der Waals surface area contributed by atoms with Crippen molar-refractivity contribution in [3.05, 3.63) is 28.2 Å². The molecule has 0 saturated heterocycles. The first-order valence-corrected chi connectivity index (χ1v) is 5.12. The van der Waals surface area contributed by atoms with Crippen LogP contribution in [0.4, 0.5) is 0 Å². The maximum absolute atomic E-state index is 5.41. The van der Waals surface area contributed by atoms with E-state index in [-0.39, 0.29) is 6.79 Å². The summed E-state index contributed by atoms with van der Waals surface area (Å²) in [5, 5.41) is 3.09. The Balaban J connectivity index is 2.78. The lowest BCUT2D eigenvalue weighted by Gasteiger charge is -2.10. The van der Waals surface area contributed by atoms with Gasteiger partial charge in [0.15, 0.2) is 6.79 Å². The predicted octanol–water partition coefficient (Wildman–Crippen LogP) is 2.15. The number of nitrogens with one attached hydrogen (secondary N) is 1. The molecule has 0 unspecified atom stereocenters. The molecular formula is C10H14BrNO2. The second-order valence-corrected chi connectivity index (χ2v) is 3.75. The first-order valence-electron chi connectivity index (χ1n) is 4.32. The van der Waals surface area contributed by atoms with E-state index in [0.29, 0.717) is 0 Å². The Bertz CT molecular complexity index is 291. The van der Waals surface area contributed by atoms with Crippen LogP contribution in [0.25, 0.3) is 0 Å². The lowest BCUT2D eigenvalue weighted by atomic mass is 10.2. The largest absolute Gasteiger partial charge is 0.467 e. The van der Waals surface area contributed by atoms with Crippen LogP contribution in [0.15, 0.2) is 22.7 Å². The third kappa shape index (κ3) is 3.29. The summed E-state index contributed by atoms with van der Waals surface area (Å²) < 4.78 is 11.3. The average molecular weight is 260 g/mol. The Kier molecular flexibility index (Phi) is 4.93. The zero-order valence-corrected chi connectivity index (χ0v) is 9.93. The molecular weight excluding hydrogens is 246 g/mol. The summed E-state index contributed by atoms with van der Waals surface area (Å²) in [4.78, 5) is 0. The highest BCUT2D eigenvalue weighted by Gasteiger charge is 2.03. The van der Waals surface area contributed by atoms with Crippen molar-refractivity contribution in [3.8, 4) is 5.75 Å². The molecule has 1 aromatic rings. The van der Waals surface area contributed by atoms with Gasteiger partial charge in [-0.25, -0.2) is 0 Å². The van der Waals surface area contributed by atoms with Crippen molar-refractivity contribution >= 4 is 15.9 Å². The van der Waals surface area contributed by atoms with Crippen molar-refractivity contribution in [2.75, 3.05) is 21.0 Å². The van der Waals surface area contributed by atoms with Gasteiger partial charge in [-0.05, 0) is 25.2 Å². The van der Waals surface area contributed by atoms with E-state index in [1.54, 1.807) is 7.11 Å². The molecule has 1 aromatic carbocycles. The highest BCUT2D eigenvalue weighted by atomic mass is 79.9. The molecule has 0 atom stereocenters. The molecule has 14 heavy (non-hydrogen) atoms. The maximum Gasteiger partial charge on any atom is 0.188 e. The van der Waals surface area contributed by atoms with Gasteiger partial charge >= 0.3 is 0 Å². The van der Waals surface area contributed by atoms with E-state index < -0.39 is 0 Å². The van der Waals surface area contributed by atoms with Crippen LogP contribution >= 0.6 is 15.9 Å². The van der Waals surface area contributed by atoms with Crippen LogP contribution in [0.3, 0.4) is 0 Å². The van der Waals surface area contributed by atoms with E-state index in [2.05, 4.69) is 21.2 Å². The van der Waals surface area contributed by atoms with Crippen molar-refractivity contribution in [2.24, 2.45) is 0 Å². The molecule has 1 rings (SSSR count). The third-order valence-corrected chi connectivity index (χ3v) is 2.22. The van der Waals surface area contributed by atoms with E-state index >= 15 is 0 Å². The first kappa shape index (κ1) is 11.5. The highest BCUT2D eigenvalue weighted by Crippen LogP contribution is 2.23. The van der Waals surface area contributed by atoms with Crippen molar-refractivity contribution in [3.63, 3.8) is 0 Å². The smallest absolute Gasteiger partial charge is 0.188 e. The van der Waals surface area contributed by atoms with Gasteiger partial charge in [0, 0.05) is 23.7 Å². The monoisotopic (exact) mass is 259 g/mol. The summed E-state index contributed by atoms with van der Waals surface area (Å²) in [5.41, 5.74) is 1.11. The highest BCUT2D eigenvalue weighted by molar-refractivity contribution is 9.10. The zero-order valence-electron chi connectivity index (χ0n) is 8.34. The molecule has 0 aliphatic rings. The van der Waals surface area contributed by atoms with Gasteiger partial charge < -0.3 is 14.8 Å². The third-order valence-electron chi connectivity index (χ3n) is 1.72. The summed E-state index contributed by atoms with van der Waals surface area (Å²) in [5.74, 6) is 0.851. The Labute approximate surface area is 92.5 Å². The Morgan fingerprint density at radius 3 is 2.86 bits per heavy atom. The van der Waals surface area contributed by atoms with Crippen LogP contribution in [0, 0.1) is 0 Å². The van der Waals surface area contributed by atoms with Gasteiger partial charge in [-0.15, -0.1) is 0 Å². The summed E-state index contributed by atoms with van der Waals surface area (Å²) in [6, 6.07) is 5.90. The minimum absolute atomic E-state index is 0.276. The molecule has 0 fully saturated rings. The lowest BCUT2D eigenvalue weighted by molar-refractivity contribution is 0.0503. The molecule has 0 saturated carbocycles. The summed E-state index contributed by atoms with van der Waals surface area (Å²) >= 11 is 3.42. The van der Waals surface area contributed by atoms with Crippen molar-refractivity contribution in [1.82, 2.24) is 5.32 Å². The Hall–Kier alpha value is -0.580. The molecule has 3 nitrogen and oxygen atoms in total. The molecule has 1 N–H and O–H groups in total. The predicted molar refractivity (Wildman–Crippen MR) is 59.4 cm³/mol. The minimum Gasteiger partial charge on any atom is -0.467 e. The molecule has 0 aromatic heterocycles. The SMILES string of the molecule is CNCc1cc(Br)ccc1OCOC. The standard InChI is InChI=1S/C10H14BrNO2/c1-12-6-8-5-9(11)3-4-10(8)14-7-13-2/h3-5,12H,6-7H2,1-2H3. The van der Waals surface area contributed by atoms with Gasteiger partial charge in [0.2, 0.25) is 0 Å².